The molecule has 2 heterocycles. The fourth-order valence-corrected chi connectivity index (χ4v) is 4.16. The van der Waals surface area contributed by atoms with Crippen LogP contribution in [0.25, 0.3) is 17.0 Å². The summed E-state index contributed by atoms with van der Waals surface area (Å²) in [4.78, 5) is 29.2. The van der Waals surface area contributed by atoms with Gasteiger partial charge in [0.1, 0.15) is 0 Å². The number of nitrogens with zero attached hydrogens (tertiary/aromatic N) is 2. The van der Waals surface area contributed by atoms with Gasteiger partial charge in [0.15, 0.2) is 5.17 Å². The van der Waals surface area contributed by atoms with Gasteiger partial charge in [0.05, 0.1) is 10.5 Å². The molecule has 1 aromatic heterocycles. The Bertz CT molecular complexity index is 1150. The second kappa shape index (κ2) is 7.17. The zero-order valence-corrected chi connectivity index (χ0v) is 16.7. The molecule has 0 atom stereocenters. The molecule has 1 fully saturated rings. The summed E-state index contributed by atoms with van der Waals surface area (Å²) in [6, 6.07) is 15.1. The third-order valence-corrected chi connectivity index (χ3v) is 5.77. The molecule has 0 saturated carbocycles. The first-order valence-electron chi connectivity index (χ1n) is 8.15. The van der Waals surface area contributed by atoms with Crippen LogP contribution in [0, 0.1) is 0 Å². The quantitative estimate of drug-likeness (QED) is 0.603. The topological polar surface area (TPSA) is 63.5 Å². The number of aliphatic imine (C=N–C) groups is 1. The number of nitrogens with one attached hydrogen (secondary N) is 1. The lowest BCUT2D eigenvalue weighted by Crippen LogP contribution is -2.20. The van der Waals surface area contributed by atoms with E-state index in [1.54, 1.807) is 18.2 Å². The van der Waals surface area contributed by atoms with Gasteiger partial charge >= 0.3 is 0 Å². The molecule has 5 nitrogen and oxygen atoms in total. The van der Waals surface area contributed by atoms with Crippen molar-refractivity contribution in [2.75, 3.05) is 0 Å². The second-order valence-electron chi connectivity index (χ2n) is 5.98. The minimum Gasteiger partial charge on any atom is -0.350 e. The van der Waals surface area contributed by atoms with E-state index in [1.165, 1.54) is 11.8 Å². The highest BCUT2D eigenvalue weighted by atomic mass is 79.9. The molecule has 27 heavy (non-hydrogen) atoms. The summed E-state index contributed by atoms with van der Waals surface area (Å²) < 4.78 is 2.69. The minimum atomic E-state index is -0.406. The smallest absolute Gasteiger partial charge is 0.280 e. The highest BCUT2D eigenvalue weighted by Gasteiger charge is 2.25. The predicted molar refractivity (Wildman–Crippen MR) is 113 cm³/mol. The van der Waals surface area contributed by atoms with E-state index in [-0.39, 0.29) is 11.1 Å². The average molecular weight is 440 g/mol. The van der Waals surface area contributed by atoms with E-state index in [0.717, 1.165) is 16.5 Å². The first-order chi connectivity index (χ1) is 13.0. The van der Waals surface area contributed by atoms with Gasteiger partial charge < -0.3 is 9.88 Å². The number of rotatable bonds is 2. The van der Waals surface area contributed by atoms with Crippen LogP contribution in [0.2, 0.25) is 0 Å². The van der Waals surface area contributed by atoms with Crippen LogP contribution in [-0.4, -0.2) is 21.5 Å². The van der Waals surface area contributed by atoms with E-state index in [0.29, 0.717) is 14.9 Å². The van der Waals surface area contributed by atoms with E-state index < -0.39 is 5.91 Å². The Morgan fingerprint density at radius 3 is 2.74 bits per heavy atom. The van der Waals surface area contributed by atoms with E-state index in [1.807, 2.05) is 54.2 Å². The monoisotopic (exact) mass is 439 g/mol. The maximum Gasteiger partial charge on any atom is 0.280 e. The number of thioether (sulfide) groups is 1. The van der Waals surface area contributed by atoms with Gasteiger partial charge in [-0.05, 0) is 52.0 Å². The van der Waals surface area contributed by atoms with Gasteiger partial charge in [-0.15, -0.1) is 0 Å². The van der Waals surface area contributed by atoms with Crippen LogP contribution in [0.1, 0.15) is 15.9 Å². The number of fused-ring (bicyclic) bond motifs is 1. The Hall–Kier alpha value is -2.64. The first kappa shape index (κ1) is 17.8. The van der Waals surface area contributed by atoms with Gasteiger partial charge in [-0.3, -0.25) is 9.59 Å². The molecule has 0 unspecified atom stereocenters. The lowest BCUT2D eigenvalue weighted by molar-refractivity contribution is -0.115. The molecule has 1 aliphatic heterocycles. The third-order valence-electron chi connectivity index (χ3n) is 4.17. The molecule has 4 rings (SSSR count). The molecule has 0 aliphatic carbocycles. The maximum absolute atomic E-state index is 12.4. The van der Waals surface area contributed by atoms with Crippen LogP contribution in [0.15, 0.2) is 69.1 Å². The molecule has 134 valence electrons. The molecule has 0 bridgehead atoms. The highest BCUT2D eigenvalue weighted by Crippen LogP contribution is 2.30. The summed E-state index contributed by atoms with van der Waals surface area (Å²) in [5, 5.41) is 4.01. The number of hydrogen-bond donors (Lipinski definition) is 1. The number of aromatic nitrogens is 1. The summed E-state index contributed by atoms with van der Waals surface area (Å²) in [7, 11) is 1.97. The molecular weight excluding hydrogens is 426 g/mol. The lowest BCUT2D eigenvalue weighted by Gasteiger charge is -1.99. The second-order valence-corrected chi connectivity index (χ2v) is 7.86. The summed E-state index contributed by atoms with van der Waals surface area (Å²) in [5.74, 6) is -0.664. The first-order valence-corrected chi connectivity index (χ1v) is 9.76. The van der Waals surface area contributed by atoms with Crippen molar-refractivity contribution >= 4 is 61.7 Å². The number of para-hydroxylation sites is 1. The Morgan fingerprint density at radius 1 is 1.19 bits per heavy atom. The Kier molecular flexibility index (Phi) is 4.72. The molecule has 7 heteroatoms. The van der Waals surface area contributed by atoms with E-state index in [4.69, 9.17) is 0 Å². The van der Waals surface area contributed by atoms with E-state index >= 15 is 0 Å². The fraction of sp³-hybridized carbons (Fsp3) is 0.0500. The number of halogens is 1. The molecule has 3 aromatic rings. The minimum absolute atomic E-state index is 0.258. The number of amidine groups is 1. The van der Waals surface area contributed by atoms with E-state index in [9.17, 15) is 9.59 Å². The van der Waals surface area contributed by atoms with Gasteiger partial charge in [0.25, 0.3) is 11.8 Å². The molecule has 1 saturated heterocycles. The van der Waals surface area contributed by atoms with Crippen molar-refractivity contribution in [1.82, 2.24) is 9.88 Å². The molecule has 0 radical (unpaired) electrons. The molecule has 2 aromatic carbocycles. The van der Waals surface area contributed by atoms with Crippen molar-refractivity contribution in [2.45, 2.75) is 0 Å². The third kappa shape index (κ3) is 3.48. The van der Waals surface area contributed by atoms with Crippen molar-refractivity contribution in [3.63, 3.8) is 0 Å². The predicted octanol–water partition coefficient (Wildman–Crippen LogP) is 4.34. The van der Waals surface area contributed by atoms with Crippen molar-refractivity contribution in [1.29, 1.82) is 0 Å². The fourth-order valence-electron chi connectivity index (χ4n) is 2.90. The van der Waals surface area contributed by atoms with Crippen LogP contribution in [0.4, 0.5) is 0 Å². The number of aryl methyl sites for hydroxylation is 1. The van der Waals surface area contributed by atoms with Gasteiger partial charge in [-0.1, -0.05) is 30.3 Å². The van der Waals surface area contributed by atoms with Gasteiger partial charge in [0.2, 0.25) is 0 Å². The van der Waals surface area contributed by atoms with Gasteiger partial charge in [0, 0.05) is 34.2 Å². The van der Waals surface area contributed by atoms with Crippen molar-refractivity contribution in [3.05, 3.63) is 75.2 Å². The average Bonchev–Trinajstić information content (AvgIpc) is 3.16. The van der Waals surface area contributed by atoms with Crippen LogP contribution in [-0.2, 0) is 11.8 Å². The summed E-state index contributed by atoms with van der Waals surface area (Å²) in [6.45, 7) is 0. The highest BCUT2D eigenvalue weighted by molar-refractivity contribution is 9.10. The van der Waals surface area contributed by atoms with Crippen molar-refractivity contribution in [3.8, 4) is 0 Å². The number of hydrogen-bond acceptors (Lipinski definition) is 3. The molecule has 2 amide bonds. The molecular formula is C20H14BrN3O2S. The summed E-state index contributed by atoms with van der Waals surface area (Å²) >= 11 is 4.51. The zero-order chi connectivity index (χ0) is 19.0. The number of carbonyl (C=O) groups is 2. The summed E-state index contributed by atoms with van der Waals surface area (Å²) in [5.41, 5.74) is 2.49. The van der Waals surface area contributed by atoms with Crippen LogP contribution in [0.5, 0.6) is 0 Å². The molecule has 1 N–H and O–H groups in total. The van der Waals surface area contributed by atoms with Gasteiger partial charge in [-0.25, -0.2) is 0 Å². The van der Waals surface area contributed by atoms with Crippen LogP contribution >= 0.6 is 27.7 Å². The maximum atomic E-state index is 12.4. The largest absolute Gasteiger partial charge is 0.350 e. The normalized spacial score (nSPS) is 17.0. The molecule has 0 spiro atoms. The van der Waals surface area contributed by atoms with E-state index in [2.05, 4.69) is 26.2 Å². The molecule has 1 aliphatic rings. The lowest BCUT2D eigenvalue weighted by atomic mass is 10.1. The van der Waals surface area contributed by atoms with Gasteiger partial charge in [-0.2, -0.15) is 4.99 Å². The number of amides is 2. The Balaban J connectivity index is 1.63. The summed E-state index contributed by atoms with van der Waals surface area (Å²) in [6.07, 6.45) is 3.81. The number of benzene rings is 2. The van der Waals surface area contributed by atoms with Crippen LogP contribution in [0.3, 0.4) is 0 Å². The van der Waals surface area contributed by atoms with Crippen molar-refractivity contribution < 1.29 is 9.59 Å². The Labute approximate surface area is 168 Å². The SMILES string of the molecule is Cn1cc(/C=C2\SC(=NC(=O)c3ccccc3Br)NC2=O)c2ccccc21. The van der Waals surface area contributed by atoms with Crippen LogP contribution < -0.4 is 5.32 Å². The van der Waals surface area contributed by atoms with Crippen molar-refractivity contribution in [2.24, 2.45) is 12.0 Å². The number of carbonyl (C=O) groups excluding carboxylic acids is 2. The standard InChI is InChI=1S/C20H14BrN3O2S/c1-24-11-12(13-6-3-5-9-16(13)24)10-17-19(26)23-20(27-17)22-18(25)14-7-2-4-8-15(14)21/h2-11H,1H3,(H,22,23,25,26)/b17-10-. The Morgan fingerprint density at radius 2 is 1.93 bits per heavy atom. The zero-order valence-electron chi connectivity index (χ0n) is 14.3.